The van der Waals surface area contributed by atoms with E-state index in [1.54, 1.807) is 11.8 Å². The van der Waals surface area contributed by atoms with E-state index >= 15 is 0 Å². The van der Waals surface area contributed by atoms with E-state index in [0.717, 1.165) is 10.5 Å². The third kappa shape index (κ3) is 1.59. The monoisotopic (exact) mass is 211 g/mol. The Bertz CT molecular complexity index is 446. The van der Waals surface area contributed by atoms with E-state index in [2.05, 4.69) is 15.0 Å². The summed E-state index contributed by atoms with van der Waals surface area (Å²) in [5.41, 5.74) is 1.44. The van der Waals surface area contributed by atoms with E-state index in [1.165, 1.54) is 6.33 Å². The van der Waals surface area contributed by atoms with Gasteiger partial charge in [-0.1, -0.05) is 11.6 Å². The molecule has 0 saturated carbocycles. The molecule has 2 rings (SSSR count). The van der Waals surface area contributed by atoms with Crippen LogP contribution in [0.2, 0.25) is 5.15 Å². The van der Waals surface area contributed by atoms with Crippen LogP contribution in [0.3, 0.4) is 0 Å². The van der Waals surface area contributed by atoms with E-state index < -0.39 is 0 Å². The third-order valence-corrected chi connectivity index (χ3v) is 2.54. The predicted molar refractivity (Wildman–Crippen MR) is 54.1 cm³/mol. The molecular weight excluding hydrogens is 206 g/mol. The lowest BCUT2D eigenvalue weighted by atomic mass is 10.4. The molecule has 2 heterocycles. The van der Waals surface area contributed by atoms with Crippen molar-refractivity contribution < 1.29 is 0 Å². The molecule has 0 aromatic carbocycles. The molecule has 2 aromatic heterocycles. The molecule has 0 radical (unpaired) electrons. The summed E-state index contributed by atoms with van der Waals surface area (Å²) in [4.78, 5) is 12.2. The highest BCUT2D eigenvalue weighted by Crippen LogP contribution is 2.20. The lowest BCUT2D eigenvalue weighted by Gasteiger charge is -1.99. The summed E-state index contributed by atoms with van der Waals surface area (Å²) in [7, 11) is 0. The summed E-state index contributed by atoms with van der Waals surface area (Å²) < 4.78 is 0. The fourth-order valence-electron chi connectivity index (χ4n) is 1.01. The van der Waals surface area contributed by atoms with Crippen LogP contribution < -0.4 is 0 Å². The number of fused-ring (bicyclic) bond motifs is 1. The second kappa shape index (κ2) is 3.47. The Hall–Kier alpha value is -0.870. The van der Waals surface area contributed by atoms with E-state index in [-0.39, 0.29) is 0 Å². The van der Waals surface area contributed by atoms with Crippen molar-refractivity contribution in [3.63, 3.8) is 0 Å². The minimum atomic E-state index is 0.404. The molecule has 0 aliphatic heterocycles. The third-order valence-electron chi connectivity index (χ3n) is 1.62. The van der Waals surface area contributed by atoms with Gasteiger partial charge >= 0.3 is 0 Å². The maximum Gasteiger partial charge on any atom is 0.158 e. The molecule has 2 aromatic rings. The normalized spacial score (nSPS) is 10.6. The number of thioether (sulfide) groups is 1. The van der Waals surface area contributed by atoms with Crippen LogP contribution in [0.25, 0.3) is 11.0 Å². The van der Waals surface area contributed by atoms with Gasteiger partial charge in [0.05, 0.1) is 10.5 Å². The Labute approximate surface area is 84.6 Å². The SMILES string of the molecule is CSc1ccc2ncnc(Cl)c2n1. The van der Waals surface area contributed by atoms with Gasteiger partial charge in [0.25, 0.3) is 0 Å². The molecule has 66 valence electrons. The summed E-state index contributed by atoms with van der Waals surface area (Å²) in [6, 6.07) is 3.80. The molecule has 5 heteroatoms. The fourth-order valence-corrected chi connectivity index (χ4v) is 1.58. The second-order valence-corrected chi connectivity index (χ2v) is 3.57. The highest BCUT2D eigenvalue weighted by atomic mass is 35.5. The smallest absolute Gasteiger partial charge is 0.158 e. The van der Waals surface area contributed by atoms with Gasteiger partial charge in [0, 0.05) is 0 Å². The molecule has 0 saturated heterocycles. The van der Waals surface area contributed by atoms with Crippen LogP contribution in [0.4, 0.5) is 0 Å². The molecule has 0 aliphatic carbocycles. The zero-order valence-corrected chi connectivity index (χ0v) is 8.43. The average molecular weight is 212 g/mol. The van der Waals surface area contributed by atoms with Crippen LogP contribution in [-0.2, 0) is 0 Å². The molecule has 0 unspecified atom stereocenters. The summed E-state index contributed by atoms with van der Waals surface area (Å²) in [6.07, 6.45) is 3.40. The minimum absolute atomic E-state index is 0.404. The number of hydrogen-bond donors (Lipinski definition) is 0. The highest BCUT2D eigenvalue weighted by molar-refractivity contribution is 7.98. The van der Waals surface area contributed by atoms with Gasteiger partial charge < -0.3 is 0 Å². The van der Waals surface area contributed by atoms with Gasteiger partial charge in [-0.25, -0.2) is 15.0 Å². The number of rotatable bonds is 1. The van der Waals surface area contributed by atoms with Crippen LogP contribution in [0.1, 0.15) is 0 Å². The minimum Gasteiger partial charge on any atom is -0.237 e. The van der Waals surface area contributed by atoms with Crippen molar-refractivity contribution in [2.45, 2.75) is 5.03 Å². The summed E-state index contributed by atoms with van der Waals surface area (Å²) in [6.45, 7) is 0. The second-order valence-electron chi connectivity index (χ2n) is 2.39. The molecule has 0 spiro atoms. The Balaban J connectivity index is 2.74. The maximum atomic E-state index is 5.86. The van der Waals surface area contributed by atoms with Crippen molar-refractivity contribution >= 4 is 34.4 Å². The van der Waals surface area contributed by atoms with E-state index in [4.69, 9.17) is 11.6 Å². The Morgan fingerprint density at radius 1 is 1.31 bits per heavy atom. The van der Waals surface area contributed by atoms with Gasteiger partial charge in [-0.05, 0) is 18.4 Å². The fraction of sp³-hybridized carbons (Fsp3) is 0.125. The first-order chi connectivity index (χ1) is 6.31. The van der Waals surface area contributed by atoms with Crippen molar-refractivity contribution in [1.29, 1.82) is 0 Å². The van der Waals surface area contributed by atoms with Gasteiger partial charge in [-0.2, -0.15) is 0 Å². The summed E-state index contributed by atoms with van der Waals surface area (Å²) >= 11 is 7.43. The molecule has 0 fully saturated rings. The number of pyridine rings is 1. The molecule has 0 amide bonds. The largest absolute Gasteiger partial charge is 0.237 e. The molecule has 0 atom stereocenters. The zero-order valence-electron chi connectivity index (χ0n) is 6.86. The van der Waals surface area contributed by atoms with E-state index in [1.807, 2.05) is 18.4 Å². The van der Waals surface area contributed by atoms with Crippen LogP contribution in [0.15, 0.2) is 23.5 Å². The van der Waals surface area contributed by atoms with Crippen molar-refractivity contribution in [3.05, 3.63) is 23.6 Å². The van der Waals surface area contributed by atoms with Crippen molar-refractivity contribution in [1.82, 2.24) is 15.0 Å². The molecule has 0 aliphatic rings. The average Bonchev–Trinajstić information content (AvgIpc) is 2.18. The molecule has 13 heavy (non-hydrogen) atoms. The Morgan fingerprint density at radius 3 is 2.92 bits per heavy atom. The van der Waals surface area contributed by atoms with Gasteiger partial charge in [0.15, 0.2) is 5.15 Å². The van der Waals surface area contributed by atoms with Crippen molar-refractivity contribution in [3.8, 4) is 0 Å². The number of nitrogens with zero attached hydrogens (tertiary/aromatic N) is 3. The lowest BCUT2D eigenvalue weighted by molar-refractivity contribution is 1.14. The topological polar surface area (TPSA) is 38.7 Å². The Morgan fingerprint density at radius 2 is 2.15 bits per heavy atom. The first-order valence-electron chi connectivity index (χ1n) is 3.62. The Kier molecular flexibility index (Phi) is 2.33. The maximum absolute atomic E-state index is 5.86. The van der Waals surface area contributed by atoms with Crippen molar-refractivity contribution in [2.24, 2.45) is 0 Å². The lowest BCUT2D eigenvalue weighted by Crippen LogP contribution is -1.88. The zero-order chi connectivity index (χ0) is 9.26. The first kappa shape index (κ1) is 8.72. The number of aromatic nitrogens is 3. The van der Waals surface area contributed by atoms with E-state index in [9.17, 15) is 0 Å². The van der Waals surface area contributed by atoms with E-state index in [0.29, 0.717) is 10.7 Å². The van der Waals surface area contributed by atoms with Gasteiger partial charge in [0.1, 0.15) is 11.8 Å². The quantitative estimate of drug-likeness (QED) is 0.536. The van der Waals surface area contributed by atoms with Crippen LogP contribution >= 0.6 is 23.4 Å². The molecular formula is C8H6ClN3S. The first-order valence-corrected chi connectivity index (χ1v) is 5.23. The standard InChI is InChI=1S/C8H6ClN3S/c1-13-6-3-2-5-7(12-6)8(9)11-4-10-5/h2-4H,1H3. The number of halogens is 1. The summed E-state index contributed by atoms with van der Waals surface area (Å²) in [5.74, 6) is 0. The molecule has 0 bridgehead atoms. The van der Waals surface area contributed by atoms with Crippen LogP contribution in [-0.4, -0.2) is 21.2 Å². The van der Waals surface area contributed by atoms with Crippen molar-refractivity contribution in [2.75, 3.05) is 6.26 Å². The van der Waals surface area contributed by atoms with Crippen LogP contribution in [0, 0.1) is 0 Å². The molecule has 3 nitrogen and oxygen atoms in total. The predicted octanol–water partition coefficient (Wildman–Crippen LogP) is 2.40. The molecule has 0 N–H and O–H groups in total. The summed E-state index contributed by atoms with van der Waals surface area (Å²) in [5, 5.41) is 1.32. The van der Waals surface area contributed by atoms with Crippen LogP contribution in [0.5, 0.6) is 0 Å². The number of hydrogen-bond acceptors (Lipinski definition) is 4. The van der Waals surface area contributed by atoms with Gasteiger partial charge in [-0.15, -0.1) is 11.8 Å². The highest BCUT2D eigenvalue weighted by Gasteiger charge is 2.02. The van der Waals surface area contributed by atoms with Gasteiger partial charge in [0.2, 0.25) is 0 Å². The van der Waals surface area contributed by atoms with Gasteiger partial charge in [-0.3, -0.25) is 0 Å².